The van der Waals surface area contributed by atoms with E-state index in [9.17, 15) is 4.79 Å². The number of ether oxygens (including phenoxy) is 1. The van der Waals surface area contributed by atoms with Crippen molar-refractivity contribution in [2.75, 3.05) is 19.4 Å². The van der Waals surface area contributed by atoms with Gasteiger partial charge in [0.15, 0.2) is 5.16 Å². The van der Waals surface area contributed by atoms with Crippen LogP contribution in [0.15, 0.2) is 5.16 Å². The third kappa shape index (κ3) is 4.68. The van der Waals surface area contributed by atoms with Crippen LogP contribution in [0.5, 0.6) is 0 Å². The SMILES string of the molecule is CCNC(C)(CCSc1nc(C)c(C)c(C)n1)C(=O)OC. The molecule has 0 aromatic carbocycles. The number of hydrogen-bond acceptors (Lipinski definition) is 6. The molecule has 21 heavy (non-hydrogen) atoms. The van der Waals surface area contributed by atoms with E-state index in [4.69, 9.17) is 4.74 Å². The van der Waals surface area contributed by atoms with Crippen LogP contribution in [0.3, 0.4) is 0 Å². The molecule has 0 radical (unpaired) electrons. The molecular formula is C15H25N3O2S. The van der Waals surface area contributed by atoms with Gasteiger partial charge in [0, 0.05) is 17.1 Å². The summed E-state index contributed by atoms with van der Waals surface area (Å²) in [5.41, 5.74) is 2.48. The molecule has 118 valence electrons. The molecule has 1 aromatic rings. The summed E-state index contributed by atoms with van der Waals surface area (Å²) in [7, 11) is 1.42. The first-order valence-corrected chi connectivity index (χ1v) is 8.10. The van der Waals surface area contributed by atoms with E-state index < -0.39 is 5.54 Å². The molecule has 0 saturated carbocycles. The summed E-state index contributed by atoms with van der Waals surface area (Å²) >= 11 is 1.57. The van der Waals surface area contributed by atoms with Crippen molar-refractivity contribution >= 4 is 17.7 Å². The summed E-state index contributed by atoms with van der Waals surface area (Å²) in [5, 5.41) is 3.96. The van der Waals surface area contributed by atoms with Gasteiger partial charge in [-0.1, -0.05) is 18.7 Å². The fourth-order valence-corrected chi connectivity index (χ4v) is 3.13. The van der Waals surface area contributed by atoms with E-state index in [0.29, 0.717) is 6.42 Å². The second-order valence-corrected chi connectivity index (χ2v) is 6.32. The summed E-state index contributed by atoms with van der Waals surface area (Å²) in [6, 6.07) is 0. The van der Waals surface area contributed by atoms with Crippen LogP contribution in [0.2, 0.25) is 0 Å². The van der Waals surface area contributed by atoms with Crippen LogP contribution in [-0.2, 0) is 9.53 Å². The first-order valence-electron chi connectivity index (χ1n) is 7.12. The molecule has 1 aromatic heterocycles. The Hall–Kier alpha value is -1.14. The monoisotopic (exact) mass is 311 g/mol. The van der Waals surface area contributed by atoms with Gasteiger partial charge in [-0.3, -0.25) is 4.79 Å². The maximum absolute atomic E-state index is 11.9. The van der Waals surface area contributed by atoms with Crippen LogP contribution < -0.4 is 5.32 Å². The number of nitrogens with one attached hydrogen (secondary N) is 1. The molecule has 5 nitrogen and oxygen atoms in total. The van der Waals surface area contributed by atoms with Crippen LogP contribution >= 0.6 is 11.8 Å². The lowest BCUT2D eigenvalue weighted by atomic mass is 9.99. The number of aryl methyl sites for hydroxylation is 2. The predicted molar refractivity (Wildman–Crippen MR) is 85.7 cm³/mol. The molecule has 0 amide bonds. The molecule has 0 aliphatic heterocycles. The number of rotatable bonds is 7. The maximum atomic E-state index is 11.9. The van der Waals surface area contributed by atoms with Crippen molar-refractivity contribution in [1.82, 2.24) is 15.3 Å². The van der Waals surface area contributed by atoms with Gasteiger partial charge in [0.05, 0.1) is 7.11 Å². The third-order valence-corrected chi connectivity index (χ3v) is 4.50. The van der Waals surface area contributed by atoms with Gasteiger partial charge >= 0.3 is 5.97 Å². The normalized spacial score (nSPS) is 13.8. The molecular weight excluding hydrogens is 286 g/mol. The van der Waals surface area contributed by atoms with Crippen LogP contribution in [0.4, 0.5) is 0 Å². The van der Waals surface area contributed by atoms with Crippen LogP contribution in [0, 0.1) is 20.8 Å². The van der Waals surface area contributed by atoms with E-state index in [1.54, 1.807) is 11.8 Å². The number of methoxy groups -OCH3 is 1. The molecule has 0 saturated heterocycles. The zero-order valence-corrected chi connectivity index (χ0v) is 14.6. The molecule has 1 atom stereocenters. The Bertz CT molecular complexity index is 485. The lowest BCUT2D eigenvalue weighted by Crippen LogP contribution is -2.50. The topological polar surface area (TPSA) is 64.1 Å². The summed E-state index contributed by atoms with van der Waals surface area (Å²) in [6.07, 6.45) is 0.660. The highest BCUT2D eigenvalue weighted by Crippen LogP contribution is 2.21. The molecule has 0 fully saturated rings. The molecule has 6 heteroatoms. The predicted octanol–water partition coefficient (Wildman–Crippen LogP) is 2.43. The lowest BCUT2D eigenvalue weighted by molar-refractivity contribution is -0.147. The number of thioether (sulfide) groups is 1. The summed E-state index contributed by atoms with van der Waals surface area (Å²) < 4.78 is 4.88. The average Bonchev–Trinajstić information content (AvgIpc) is 2.44. The van der Waals surface area contributed by atoms with Crippen molar-refractivity contribution in [2.45, 2.75) is 51.7 Å². The van der Waals surface area contributed by atoms with Crippen molar-refractivity contribution in [2.24, 2.45) is 0 Å². The Morgan fingerprint density at radius 2 is 1.86 bits per heavy atom. The van der Waals surface area contributed by atoms with Gasteiger partial charge in [-0.15, -0.1) is 0 Å². The standard InChI is InChI=1S/C15H25N3O2S/c1-7-16-15(5,13(19)20-6)8-9-21-14-17-11(3)10(2)12(4)18-14/h16H,7-9H2,1-6H3. The zero-order valence-electron chi connectivity index (χ0n) is 13.7. The number of likely N-dealkylation sites (N-methyl/N-ethyl adjacent to an activating group) is 1. The zero-order chi connectivity index (χ0) is 16.0. The van der Waals surface area contributed by atoms with E-state index in [-0.39, 0.29) is 5.97 Å². The quantitative estimate of drug-likeness (QED) is 0.474. The molecule has 1 N–H and O–H groups in total. The first kappa shape index (κ1) is 17.9. The van der Waals surface area contributed by atoms with E-state index >= 15 is 0 Å². The highest BCUT2D eigenvalue weighted by atomic mass is 32.2. The Morgan fingerprint density at radius 1 is 1.29 bits per heavy atom. The Balaban J connectivity index is 2.68. The minimum Gasteiger partial charge on any atom is -0.468 e. The van der Waals surface area contributed by atoms with E-state index in [1.165, 1.54) is 7.11 Å². The number of carbonyl (C=O) groups is 1. The highest BCUT2D eigenvalue weighted by molar-refractivity contribution is 7.99. The van der Waals surface area contributed by atoms with Crippen molar-refractivity contribution in [3.8, 4) is 0 Å². The van der Waals surface area contributed by atoms with Gasteiger partial charge in [0.25, 0.3) is 0 Å². The third-order valence-electron chi connectivity index (χ3n) is 3.65. The number of hydrogen-bond donors (Lipinski definition) is 1. The molecule has 1 rings (SSSR count). The summed E-state index contributed by atoms with van der Waals surface area (Å²) in [5.74, 6) is 0.516. The molecule has 0 bridgehead atoms. The second kappa shape index (κ2) is 7.75. The van der Waals surface area contributed by atoms with Gasteiger partial charge in [0.2, 0.25) is 0 Å². The van der Waals surface area contributed by atoms with Crippen LogP contribution in [-0.4, -0.2) is 40.9 Å². The van der Waals surface area contributed by atoms with Gasteiger partial charge in [-0.05, 0) is 46.2 Å². The van der Waals surface area contributed by atoms with Crippen LogP contribution in [0.1, 0.15) is 37.2 Å². The van der Waals surface area contributed by atoms with Crippen molar-refractivity contribution < 1.29 is 9.53 Å². The number of aromatic nitrogens is 2. The largest absolute Gasteiger partial charge is 0.468 e. The average molecular weight is 311 g/mol. The number of carbonyl (C=O) groups excluding carboxylic acids is 1. The van der Waals surface area contributed by atoms with Crippen LogP contribution in [0.25, 0.3) is 0 Å². The first-order chi connectivity index (χ1) is 9.84. The molecule has 0 aliphatic carbocycles. The smallest absolute Gasteiger partial charge is 0.325 e. The maximum Gasteiger partial charge on any atom is 0.325 e. The highest BCUT2D eigenvalue weighted by Gasteiger charge is 2.32. The number of nitrogens with zero attached hydrogens (tertiary/aromatic N) is 2. The van der Waals surface area contributed by atoms with E-state index in [0.717, 1.165) is 34.4 Å². The van der Waals surface area contributed by atoms with Gasteiger partial charge in [-0.2, -0.15) is 0 Å². The molecule has 1 heterocycles. The van der Waals surface area contributed by atoms with Gasteiger partial charge in [0.1, 0.15) is 5.54 Å². The Kier molecular flexibility index (Phi) is 6.61. The summed E-state index contributed by atoms with van der Waals surface area (Å²) in [6.45, 7) is 10.6. The minimum absolute atomic E-state index is 0.234. The number of esters is 1. The summed E-state index contributed by atoms with van der Waals surface area (Å²) in [4.78, 5) is 20.9. The van der Waals surface area contributed by atoms with Crippen molar-refractivity contribution in [3.05, 3.63) is 17.0 Å². The second-order valence-electron chi connectivity index (χ2n) is 5.25. The van der Waals surface area contributed by atoms with E-state index in [1.807, 2.05) is 34.6 Å². The van der Waals surface area contributed by atoms with Crippen molar-refractivity contribution in [3.63, 3.8) is 0 Å². The Labute approximate surface area is 131 Å². The van der Waals surface area contributed by atoms with Gasteiger partial charge in [-0.25, -0.2) is 9.97 Å². The fourth-order valence-electron chi connectivity index (χ4n) is 2.03. The van der Waals surface area contributed by atoms with Gasteiger partial charge < -0.3 is 10.1 Å². The van der Waals surface area contributed by atoms with E-state index in [2.05, 4.69) is 15.3 Å². The van der Waals surface area contributed by atoms with Crippen molar-refractivity contribution in [1.29, 1.82) is 0 Å². The molecule has 1 unspecified atom stereocenters. The minimum atomic E-state index is -0.661. The lowest BCUT2D eigenvalue weighted by Gasteiger charge is -2.27. The molecule has 0 spiro atoms. The molecule has 0 aliphatic rings. The fraction of sp³-hybridized carbons (Fsp3) is 0.667. The Morgan fingerprint density at radius 3 is 2.33 bits per heavy atom.